The van der Waals surface area contributed by atoms with E-state index in [-0.39, 0.29) is 11.8 Å². The van der Waals surface area contributed by atoms with Gasteiger partial charge in [0.1, 0.15) is 29.4 Å². The van der Waals surface area contributed by atoms with Crippen LogP contribution < -0.4 is 0 Å². The monoisotopic (exact) mass is 304 g/mol. The van der Waals surface area contributed by atoms with Crippen LogP contribution in [0.5, 0.6) is 0 Å². The van der Waals surface area contributed by atoms with Gasteiger partial charge in [0.25, 0.3) is 0 Å². The summed E-state index contributed by atoms with van der Waals surface area (Å²) in [5.41, 5.74) is 0.889. The lowest BCUT2D eigenvalue weighted by molar-refractivity contribution is -0.0431. The number of ether oxygens (including phenoxy) is 1. The molecule has 0 aliphatic carbocycles. The van der Waals surface area contributed by atoms with Gasteiger partial charge in [-0.15, -0.1) is 11.6 Å². The predicted molar refractivity (Wildman–Crippen MR) is 67.0 cm³/mol. The molecule has 0 radical (unpaired) electrons. The Bertz CT molecular complexity index is 607. The van der Waals surface area contributed by atoms with E-state index in [1.165, 1.54) is 12.7 Å². The van der Waals surface area contributed by atoms with Crippen LogP contribution in [0.15, 0.2) is 12.7 Å². The van der Waals surface area contributed by atoms with E-state index in [1.54, 1.807) is 4.57 Å². The molecule has 2 aromatic heterocycles. The predicted octanol–water partition coefficient (Wildman–Crippen LogP) is 0.338. The van der Waals surface area contributed by atoms with Gasteiger partial charge >= 0.3 is 0 Å². The van der Waals surface area contributed by atoms with Crippen LogP contribution in [0.2, 0.25) is 5.15 Å². The molecule has 0 amide bonds. The van der Waals surface area contributed by atoms with Gasteiger partial charge in [-0.2, -0.15) is 0 Å². The maximum absolute atomic E-state index is 9.84. The van der Waals surface area contributed by atoms with E-state index in [2.05, 4.69) is 15.0 Å². The summed E-state index contributed by atoms with van der Waals surface area (Å²) < 4.78 is 7.08. The minimum absolute atomic E-state index is 0.229. The number of hydrogen-bond donors (Lipinski definition) is 2. The number of rotatable bonds is 2. The van der Waals surface area contributed by atoms with Crippen molar-refractivity contribution < 1.29 is 14.9 Å². The number of fused-ring (bicyclic) bond motifs is 1. The number of aliphatic hydroxyl groups is 2. The van der Waals surface area contributed by atoms with E-state index < -0.39 is 23.8 Å². The van der Waals surface area contributed by atoms with Crippen molar-refractivity contribution in [1.82, 2.24) is 19.5 Å². The topological polar surface area (TPSA) is 93.3 Å². The molecular formula is C10H10Cl2N4O3. The molecule has 3 heterocycles. The van der Waals surface area contributed by atoms with Gasteiger partial charge in [0.2, 0.25) is 0 Å². The molecule has 1 saturated heterocycles. The number of halogens is 2. The van der Waals surface area contributed by atoms with Gasteiger partial charge in [-0.05, 0) is 0 Å². The third-order valence-electron chi connectivity index (χ3n) is 3.06. The molecule has 0 unspecified atom stereocenters. The quantitative estimate of drug-likeness (QED) is 0.614. The number of aliphatic hydroxyl groups excluding tert-OH is 2. The largest absolute Gasteiger partial charge is 0.394 e. The molecule has 3 rings (SSSR count). The Morgan fingerprint density at radius 2 is 2.16 bits per heavy atom. The second-order valence-electron chi connectivity index (χ2n) is 4.17. The normalized spacial score (nSPS) is 31.2. The van der Waals surface area contributed by atoms with Crippen LogP contribution in [0.3, 0.4) is 0 Å². The molecule has 0 bridgehead atoms. The minimum Gasteiger partial charge on any atom is -0.394 e. The average molecular weight is 305 g/mol. The molecule has 1 aliphatic rings. The molecule has 7 nitrogen and oxygen atoms in total. The van der Waals surface area contributed by atoms with Gasteiger partial charge in [0, 0.05) is 0 Å². The van der Waals surface area contributed by atoms with E-state index in [4.69, 9.17) is 33.0 Å². The van der Waals surface area contributed by atoms with Crippen molar-refractivity contribution >= 4 is 34.4 Å². The highest BCUT2D eigenvalue weighted by Crippen LogP contribution is 2.35. The van der Waals surface area contributed by atoms with Crippen LogP contribution >= 0.6 is 23.2 Å². The molecule has 0 saturated carbocycles. The van der Waals surface area contributed by atoms with E-state index in [0.29, 0.717) is 11.2 Å². The van der Waals surface area contributed by atoms with Gasteiger partial charge in [-0.3, -0.25) is 4.57 Å². The average Bonchev–Trinajstić information content (AvgIpc) is 2.94. The van der Waals surface area contributed by atoms with Crippen molar-refractivity contribution in [3.05, 3.63) is 17.8 Å². The second-order valence-corrected chi connectivity index (χ2v) is 5.03. The van der Waals surface area contributed by atoms with Crippen LogP contribution in [0, 0.1) is 0 Å². The fourth-order valence-electron chi connectivity index (χ4n) is 2.09. The molecule has 102 valence electrons. The van der Waals surface area contributed by atoms with E-state index in [9.17, 15) is 5.11 Å². The molecular weight excluding hydrogens is 295 g/mol. The minimum atomic E-state index is -0.966. The van der Waals surface area contributed by atoms with Crippen molar-refractivity contribution in [3.8, 4) is 0 Å². The number of imidazole rings is 1. The second kappa shape index (κ2) is 4.84. The highest BCUT2D eigenvalue weighted by atomic mass is 35.5. The Morgan fingerprint density at radius 3 is 2.84 bits per heavy atom. The van der Waals surface area contributed by atoms with E-state index in [1.807, 2.05) is 0 Å². The molecule has 2 aromatic rings. The van der Waals surface area contributed by atoms with E-state index >= 15 is 0 Å². The molecule has 4 atom stereocenters. The van der Waals surface area contributed by atoms with Crippen LogP contribution in [0.25, 0.3) is 11.2 Å². The summed E-state index contributed by atoms with van der Waals surface area (Å²) >= 11 is 12.0. The molecule has 2 N–H and O–H groups in total. The Hall–Kier alpha value is -0.990. The first-order valence-electron chi connectivity index (χ1n) is 5.55. The fraction of sp³-hybridized carbons (Fsp3) is 0.500. The maximum atomic E-state index is 9.84. The molecule has 19 heavy (non-hydrogen) atoms. The van der Waals surface area contributed by atoms with Crippen molar-refractivity contribution in [2.75, 3.05) is 6.61 Å². The number of alkyl halides is 1. The van der Waals surface area contributed by atoms with Crippen molar-refractivity contribution in [2.45, 2.75) is 23.8 Å². The lowest BCUT2D eigenvalue weighted by Gasteiger charge is -2.15. The van der Waals surface area contributed by atoms with E-state index in [0.717, 1.165) is 0 Å². The lowest BCUT2D eigenvalue weighted by atomic mass is 10.2. The Balaban J connectivity index is 2.04. The first-order chi connectivity index (χ1) is 9.13. The zero-order chi connectivity index (χ0) is 13.6. The molecule has 0 aromatic carbocycles. The van der Waals surface area contributed by atoms with Crippen LogP contribution in [0.4, 0.5) is 0 Å². The first kappa shape index (κ1) is 13.0. The standard InChI is InChI=1S/C10H10Cl2N4O3/c11-5-7(18)4(1-17)19-10(5)16-3-15-6-8(12)13-2-14-9(6)16/h2-5,7,10,17-18H,1H2/t4-,5+,7-,10-/m1/s1. The summed E-state index contributed by atoms with van der Waals surface area (Å²) in [7, 11) is 0. The smallest absolute Gasteiger partial charge is 0.166 e. The fourth-order valence-corrected chi connectivity index (χ4v) is 2.61. The SMILES string of the molecule is OC[C@H]1O[C@@H](n2cnc3c(Cl)ncnc32)[C@@H](Cl)[C@@H]1O. The summed E-state index contributed by atoms with van der Waals surface area (Å²) in [5.74, 6) is 0. The van der Waals surface area contributed by atoms with Crippen LogP contribution in [-0.2, 0) is 4.74 Å². The molecule has 0 spiro atoms. The third kappa shape index (κ3) is 1.98. The van der Waals surface area contributed by atoms with Gasteiger partial charge < -0.3 is 14.9 Å². The van der Waals surface area contributed by atoms with Gasteiger partial charge in [-0.25, -0.2) is 15.0 Å². The Kier molecular flexibility index (Phi) is 3.32. The maximum Gasteiger partial charge on any atom is 0.166 e. The number of hydrogen-bond acceptors (Lipinski definition) is 6. The van der Waals surface area contributed by atoms with Crippen LogP contribution in [-0.4, -0.2) is 53.9 Å². The molecule has 9 heteroatoms. The van der Waals surface area contributed by atoms with Gasteiger partial charge in [0.05, 0.1) is 12.9 Å². The summed E-state index contributed by atoms with van der Waals surface area (Å²) in [4.78, 5) is 12.0. The summed E-state index contributed by atoms with van der Waals surface area (Å²) in [6.45, 7) is -0.316. The lowest BCUT2D eigenvalue weighted by Crippen LogP contribution is -2.29. The first-order valence-corrected chi connectivity index (χ1v) is 6.36. The van der Waals surface area contributed by atoms with Crippen molar-refractivity contribution in [3.63, 3.8) is 0 Å². The molecule has 1 aliphatic heterocycles. The Labute approximate surface area is 117 Å². The Morgan fingerprint density at radius 1 is 1.37 bits per heavy atom. The number of nitrogens with zero attached hydrogens (tertiary/aromatic N) is 4. The zero-order valence-corrected chi connectivity index (χ0v) is 11.0. The third-order valence-corrected chi connectivity index (χ3v) is 3.81. The van der Waals surface area contributed by atoms with Gasteiger partial charge in [-0.1, -0.05) is 11.6 Å². The van der Waals surface area contributed by atoms with Crippen LogP contribution in [0.1, 0.15) is 6.23 Å². The zero-order valence-electron chi connectivity index (χ0n) is 9.52. The van der Waals surface area contributed by atoms with Gasteiger partial charge in [0.15, 0.2) is 17.0 Å². The molecule has 1 fully saturated rings. The summed E-state index contributed by atoms with van der Waals surface area (Å²) in [6.07, 6.45) is 0.400. The summed E-state index contributed by atoms with van der Waals surface area (Å²) in [6, 6.07) is 0. The van der Waals surface area contributed by atoms with Crippen molar-refractivity contribution in [2.24, 2.45) is 0 Å². The number of aromatic nitrogens is 4. The summed E-state index contributed by atoms with van der Waals surface area (Å²) in [5, 5.41) is 18.5. The highest BCUT2D eigenvalue weighted by molar-refractivity contribution is 6.33. The highest BCUT2D eigenvalue weighted by Gasteiger charge is 2.43. The van der Waals surface area contributed by atoms with Crippen molar-refractivity contribution in [1.29, 1.82) is 0 Å².